The molecule has 2 aromatic heterocycles. The van der Waals surface area contributed by atoms with Crippen molar-refractivity contribution in [2.24, 2.45) is 12.2 Å². The molecule has 0 unspecified atom stereocenters. The normalized spacial score (nSPS) is 18.0. The summed E-state index contributed by atoms with van der Waals surface area (Å²) in [6.07, 6.45) is 1.20. The predicted octanol–water partition coefficient (Wildman–Crippen LogP) is 3.14. The lowest BCUT2D eigenvalue weighted by atomic mass is 10.2. The van der Waals surface area contributed by atoms with Crippen LogP contribution in [0.2, 0.25) is 0 Å². The third-order valence-corrected chi connectivity index (χ3v) is 5.08. The van der Waals surface area contributed by atoms with E-state index >= 15 is 0 Å². The van der Waals surface area contributed by atoms with Gasteiger partial charge in [0.05, 0.1) is 18.6 Å². The molecule has 31 heavy (non-hydrogen) atoms. The molecule has 4 aromatic rings. The summed E-state index contributed by atoms with van der Waals surface area (Å²) >= 11 is 0. The molecule has 0 saturated carbocycles. The number of fused-ring (bicyclic) bond motifs is 1. The lowest BCUT2D eigenvalue weighted by molar-refractivity contribution is 0.597. The van der Waals surface area contributed by atoms with Gasteiger partial charge < -0.3 is 10.2 Å². The van der Waals surface area contributed by atoms with Gasteiger partial charge in [0, 0.05) is 51.0 Å². The highest BCUT2D eigenvalue weighted by molar-refractivity contribution is 7.89. The van der Waals surface area contributed by atoms with Crippen LogP contribution in [0.5, 0.6) is 0 Å². The van der Waals surface area contributed by atoms with E-state index in [2.05, 4.69) is 20.4 Å². The Morgan fingerprint density at radius 2 is 2.06 bits per heavy atom. The number of rotatable bonds is 5. The van der Waals surface area contributed by atoms with Crippen LogP contribution in [-0.2, 0) is 17.1 Å². The molecule has 10 heteroatoms. The number of hydrogen-bond donors (Lipinski definition) is 2. The van der Waals surface area contributed by atoms with Gasteiger partial charge in [0.1, 0.15) is 5.82 Å². The quantitative estimate of drug-likeness (QED) is 0.480. The maximum Gasteiger partial charge on any atom is 0.238 e. The van der Waals surface area contributed by atoms with Gasteiger partial charge in [-0.15, -0.1) is 0 Å². The largest absolute Gasteiger partial charge is 0.329 e. The average molecular weight is 450 g/mol. The predicted molar refractivity (Wildman–Crippen MR) is 121 cm³/mol. The van der Waals surface area contributed by atoms with Crippen molar-refractivity contribution in [2.75, 3.05) is 17.3 Å². The Morgan fingerprint density at radius 3 is 2.81 bits per heavy atom. The zero-order chi connectivity index (χ0) is 32.6. The van der Waals surface area contributed by atoms with Crippen molar-refractivity contribution in [3.05, 3.63) is 59.8 Å². The smallest absolute Gasteiger partial charge is 0.238 e. The first-order chi connectivity index (χ1) is 19.6. The molecular formula is C21H23N7O2S. The van der Waals surface area contributed by atoms with Crippen molar-refractivity contribution in [1.29, 1.82) is 0 Å². The zero-order valence-corrected chi connectivity index (χ0v) is 17.0. The van der Waals surface area contributed by atoms with Crippen LogP contribution in [0.25, 0.3) is 10.9 Å². The molecule has 0 aliphatic carbocycles. The highest BCUT2D eigenvalue weighted by atomic mass is 32.2. The van der Waals surface area contributed by atoms with Gasteiger partial charge in [-0.1, -0.05) is 6.04 Å². The topological polar surface area (TPSA) is 119 Å². The second-order valence-corrected chi connectivity index (χ2v) is 7.84. The number of benzene rings is 2. The van der Waals surface area contributed by atoms with Gasteiger partial charge in [0.15, 0.2) is 0 Å². The molecular weight excluding hydrogens is 414 g/mol. The Hall–Kier alpha value is -3.50. The third-order valence-electron chi connectivity index (χ3n) is 4.21. The molecule has 9 nitrogen and oxygen atoms in total. The van der Waals surface area contributed by atoms with Crippen LogP contribution in [0.3, 0.4) is 0 Å². The number of primary sulfonamides is 1. The van der Waals surface area contributed by atoms with E-state index in [9.17, 15) is 8.42 Å². The Bertz CT molecular complexity index is 1910. The molecule has 0 radical (unpaired) electrons. The number of anilines is 4. The summed E-state index contributed by atoms with van der Waals surface area (Å²) in [5.41, 5.74) is -2.29. The van der Waals surface area contributed by atoms with Gasteiger partial charge in [-0.25, -0.2) is 18.5 Å². The summed E-state index contributed by atoms with van der Waals surface area (Å²) in [6.45, 7) is -5.85. The molecule has 0 aliphatic heterocycles. The second kappa shape index (κ2) is 7.64. The van der Waals surface area contributed by atoms with Crippen LogP contribution >= 0.6 is 0 Å². The molecule has 0 spiro atoms. The van der Waals surface area contributed by atoms with Crippen molar-refractivity contribution in [2.45, 2.75) is 18.6 Å². The van der Waals surface area contributed by atoms with Gasteiger partial charge in [-0.05, 0) is 55.5 Å². The molecule has 0 fully saturated rings. The number of hydrogen-bond acceptors (Lipinski definition) is 7. The molecule has 4 rings (SSSR count). The number of sulfonamides is 1. The van der Waals surface area contributed by atoms with E-state index in [0.29, 0.717) is 0 Å². The molecule has 0 atom stereocenters. The fraction of sp³-hybridized carbons (Fsp3) is 0.190. The first-order valence-electron chi connectivity index (χ1n) is 14.6. The molecule has 160 valence electrons. The summed E-state index contributed by atoms with van der Waals surface area (Å²) < 4.78 is 122. The number of aromatic nitrogens is 4. The van der Waals surface area contributed by atoms with E-state index in [1.165, 1.54) is 31.3 Å². The van der Waals surface area contributed by atoms with Crippen molar-refractivity contribution in [1.82, 2.24) is 19.7 Å². The molecule has 2 heterocycles. The Balaban J connectivity index is 1.85. The molecule has 0 saturated heterocycles. The van der Waals surface area contributed by atoms with Crippen LogP contribution in [-0.4, -0.2) is 35.2 Å². The standard InChI is InChI=1S/C21H23N7O2S/c1-13-5-6-15(11-19(13)31(22,29)30)24-21-23-10-9-20(25-21)27(3)16-7-8-17-14(2)28(4)26-18(17)12-16/h5-12H,1-4H3,(H2,22,29,30)(H,23,24,25)/i1D3,2D3,5D,6D,7D,8D,11D,12D. The second-order valence-electron chi connectivity index (χ2n) is 6.34. The fourth-order valence-corrected chi connectivity index (χ4v) is 3.23. The fourth-order valence-electron chi connectivity index (χ4n) is 2.65. The summed E-state index contributed by atoms with van der Waals surface area (Å²) in [6, 6.07) is -2.83. The minimum absolute atomic E-state index is 0.000153. The number of aryl methyl sites for hydroxylation is 2. The highest BCUT2D eigenvalue weighted by Crippen LogP contribution is 2.28. The van der Waals surface area contributed by atoms with Gasteiger partial charge in [0.2, 0.25) is 16.0 Å². The first-order valence-corrected chi connectivity index (χ1v) is 10.1. The van der Waals surface area contributed by atoms with Crippen molar-refractivity contribution >= 4 is 44.1 Å². The van der Waals surface area contributed by atoms with Crippen molar-refractivity contribution in [3.8, 4) is 0 Å². The Morgan fingerprint density at radius 1 is 1.23 bits per heavy atom. The highest BCUT2D eigenvalue weighted by Gasteiger charge is 2.14. The molecule has 0 bridgehead atoms. The van der Waals surface area contributed by atoms with Gasteiger partial charge >= 0.3 is 0 Å². The SMILES string of the molecule is [2H]c1c([2H])c(C([2H])([2H])[2H])c(S(N)(=O)=O)c([2H])c1Nc1nccc(N(C)c2c([2H])c([2H])c3c(C([2H])([2H])[2H])n(C)nc3c2[2H])n1. The maximum atomic E-state index is 12.3. The molecule has 3 N–H and O–H groups in total. The van der Waals surface area contributed by atoms with E-state index in [1.807, 2.05) is 0 Å². The van der Waals surface area contributed by atoms with Crippen LogP contribution in [0, 0.1) is 13.7 Å². The first kappa shape index (κ1) is 10.7. The minimum atomic E-state index is -4.84. The van der Waals surface area contributed by atoms with Gasteiger partial charge in [0.25, 0.3) is 0 Å². The summed E-state index contributed by atoms with van der Waals surface area (Å²) in [7, 11) is -2.09. The maximum absolute atomic E-state index is 12.3. The summed E-state index contributed by atoms with van der Waals surface area (Å²) in [5.74, 6) is -0.347. The molecule has 2 aromatic carbocycles. The third kappa shape index (κ3) is 4.07. The molecule has 0 aliphatic rings. The zero-order valence-electron chi connectivity index (χ0n) is 28.2. The molecule has 0 amide bonds. The monoisotopic (exact) mass is 449 g/mol. The van der Waals surface area contributed by atoms with E-state index < -0.39 is 70.1 Å². The van der Waals surface area contributed by atoms with Crippen LogP contribution in [0.1, 0.15) is 27.7 Å². The van der Waals surface area contributed by atoms with E-state index in [1.54, 1.807) is 0 Å². The minimum Gasteiger partial charge on any atom is -0.329 e. The number of nitrogens with two attached hydrogens (primary N) is 1. The van der Waals surface area contributed by atoms with E-state index in [4.69, 9.17) is 21.6 Å². The summed E-state index contributed by atoms with van der Waals surface area (Å²) in [5, 5.41) is 11.6. The van der Waals surface area contributed by atoms with Gasteiger partial charge in [-0.2, -0.15) is 10.1 Å². The van der Waals surface area contributed by atoms with Crippen molar-refractivity contribution < 1.29 is 24.9 Å². The van der Waals surface area contributed by atoms with Gasteiger partial charge in [-0.3, -0.25) is 4.68 Å². The van der Waals surface area contributed by atoms with E-state index in [0.717, 1.165) is 4.68 Å². The van der Waals surface area contributed by atoms with Crippen molar-refractivity contribution in [3.63, 3.8) is 0 Å². The lowest BCUT2D eigenvalue weighted by Gasteiger charge is -2.19. The summed E-state index contributed by atoms with van der Waals surface area (Å²) in [4.78, 5) is 8.24. The Labute approximate surface area is 197 Å². The Kier molecular flexibility index (Phi) is 2.63. The number of nitrogens with zero attached hydrogens (tertiary/aromatic N) is 5. The van der Waals surface area contributed by atoms with Crippen LogP contribution in [0.15, 0.2) is 53.4 Å². The average Bonchev–Trinajstić information content (AvgIpc) is 3.24. The van der Waals surface area contributed by atoms with E-state index in [-0.39, 0.29) is 40.1 Å². The number of nitrogens with one attached hydrogen (secondary N) is 1. The van der Waals surface area contributed by atoms with Crippen LogP contribution < -0.4 is 15.4 Å². The van der Waals surface area contributed by atoms with Crippen LogP contribution in [0.4, 0.5) is 23.1 Å². The lowest BCUT2D eigenvalue weighted by Crippen LogP contribution is -2.14.